The van der Waals surface area contributed by atoms with Crippen molar-refractivity contribution < 1.29 is 9.18 Å². The number of benzene rings is 1. The summed E-state index contributed by atoms with van der Waals surface area (Å²) in [5.74, 6) is -0.378. The maximum Gasteiger partial charge on any atom is 0.256 e. The Hall–Kier alpha value is -3.39. The SMILES string of the molecule is CCc1ncnc(-c2ccc(C(=O)N3CCN(C4CC4)CC3)c(F)c2)c1-c1ccc(N)nc1. The Kier molecular flexibility index (Phi) is 5.76. The van der Waals surface area contributed by atoms with Gasteiger partial charge in [0, 0.05) is 55.1 Å². The number of carbonyl (C=O) groups is 1. The van der Waals surface area contributed by atoms with Gasteiger partial charge in [-0.15, -0.1) is 0 Å². The molecule has 1 saturated carbocycles. The molecule has 0 spiro atoms. The molecule has 1 aliphatic carbocycles. The highest BCUT2D eigenvalue weighted by Gasteiger charge is 2.33. The summed E-state index contributed by atoms with van der Waals surface area (Å²) in [6, 6.07) is 8.98. The number of aromatic nitrogens is 3. The topological polar surface area (TPSA) is 88.2 Å². The van der Waals surface area contributed by atoms with Crippen molar-refractivity contribution in [3.63, 3.8) is 0 Å². The number of hydrogen-bond acceptors (Lipinski definition) is 6. The molecule has 0 atom stereocenters. The van der Waals surface area contributed by atoms with Gasteiger partial charge in [-0.25, -0.2) is 19.3 Å². The minimum atomic E-state index is -0.542. The number of anilines is 1. The molecule has 1 saturated heterocycles. The van der Waals surface area contributed by atoms with Crippen LogP contribution in [0.5, 0.6) is 0 Å². The molecule has 8 heteroatoms. The number of nitrogens with two attached hydrogens (primary N) is 1. The highest BCUT2D eigenvalue weighted by molar-refractivity contribution is 5.95. The summed E-state index contributed by atoms with van der Waals surface area (Å²) >= 11 is 0. The van der Waals surface area contributed by atoms with Gasteiger partial charge in [0.25, 0.3) is 5.91 Å². The predicted molar refractivity (Wildman–Crippen MR) is 125 cm³/mol. The molecule has 1 aliphatic heterocycles. The zero-order chi connectivity index (χ0) is 22.9. The zero-order valence-corrected chi connectivity index (χ0v) is 18.7. The first-order valence-corrected chi connectivity index (χ1v) is 11.4. The fourth-order valence-electron chi connectivity index (χ4n) is 4.50. The van der Waals surface area contributed by atoms with Crippen molar-refractivity contribution in [1.29, 1.82) is 0 Å². The normalized spacial score (nSPS) is 16.7. The van der Waals surface area contributed by atoms with E-state index in [9.17, 15) is 4.79 Å². The Bertz CT molecular complexity index is 1170. The van der Waals surface area contributed by atoms with Gasteiger partial charge in [0.05, 0.1) is 17.0 Å². The van der Waals surface area contributed by atoms with Crippen molar-refractivity contribution in [1.82, 2.24) is 24.8 Å². The molecule has 7 nitrogen and oxygen atoms in total. The highest BCUT2D eigenvalue weighted by Crippen LogP contribution is 2.34. The molecule has 0 bridgehead atoms. The average Bonchev–Trinajstić information content (AvgIpc) is 3.69. The van der Waals surface area contributed by atoms with Gasteiger partial charge in [0.2, 0.25) is 0 Å². The molecule has 2 fully saturated rings. The Balaban J connectivity index is 1.44. The van der Waals surface area contributed by atoms with E-state index < -0.39 is 5.82 Å². The quantitative estimate of drug-likeness (QED) is 0.646. The van der Waals surface area contributed by atoms with Crippen molar-refractivity contribution in [3.8, 4) is 22.4 Å². The molecule has 170 valence electrons. The lowest BCUT2D eigenvalue weighted by Gasteiger charge is -2.34. The number of halogens is 1. The Morgan fingerprint density at radius 3 is 2.45 bits per heavy atom. The van der Waals surface area contributed by atoms with Crippen molar-refractivity contribution in [2.45, 2.75) is 32.2 Å². The van der Waals surface area contributed by atoms with Crippen LogP contribution in [0.2, 0.25) is 0 Å². The zero-order valence-electron chi connectivity index (χ0n) is 18.7. The van der Waals surface area contributed by atoms with Crippen molar-refractivity contribution in [2.24, 2.45) is 0 Å². The van der Waals surface area contributed by atoms with Gasteiger partial charge in [-0.05, 0) is 43.5 Å². The molecule has 1 aromatic carbocycles. The van der Waals surface area contributed by atoms with E-state index in [1.54, 1.807) is 29.3 Å². The standard InChI is InChI=1S/C25H27FN6O/c1-2-21-23(17-4-8-22(27)28-14-17)24(30-15-29-21)16-3-7-19(20(26)13-16)25(33)32-11-9-31(10-12-32)18-5-6-18/h3-4,7-8,13-15,18H,2,5-6,9-12H2,1H3,(H2,27,28). The Morgan fingerprint density at radius 2 is 1.82 bits per heavy atom. The van der Waals surface area contributed by atoms with Gasteiger partial charge in [-0.1, -0.05) is 13.0 Å². The average molecular weight is 447 g/mol. The first-order valence-electron chi connectivity index (χ1n) is 11.4. The predicted octanol–water partition coefficient (Wildman–Crippen LogP) is 3.41. The van der Waals surface area contributed by atoms with Crippen molar-refractivity contribution in [3.05, 3.63) is 59.9 Å². The Labute approximate surface area is 192 Å². The summed E-state index contributed by atoms with van der Waals surface area (Å²) in [4.78, 5) is 30.2. The summed E-state index contributed by atoms with van der Waals surface area (Å²) in [5.41, 5.74) is 9.47. The number of pyridine rings is 1. The van der Waals surface area contributed by atoms with E-state index in [0.29, 0.717) is 42.6 Å². The van der Waals surface area contributed by atoms with Crippen LogP contribution in [0, 0.1) is 5.82 Å². The summed E-state index contributed by atoms with van der Waals surface area (Å²) in [6.45, 7) is 4.99. The van der Waals surface area contributed by atoms with Crippen LogP contribution in [0.15, 0.2) is 42.9 Å². The van der Waals surface area contributed by atoms with Crippen LogP contribution in [-0.4, -0.2) is 62.9 Å². The van der Waals surface area contributed by atoms with Gasteiger partial charge in [-0.2, -0.15) is 0 Å². The van der Waals surface area contributed by atoms with Crippen LogP contribution in [0.3, 0.4) is 0 Å². The lowest BCUT2D eigenvalue weighted by atomic mass is 9.96. The number of piperazine rings is 1. The van der Waals surface area contributed by atoms with E-state index in [4.69, 9.17) is 5.73 Å². The molecule has 33 heavy (non-hydrogen) atoms. The van der Waals surface area contributed by atoms with E-state index in [2.05, 4.69) is 19.9 Å². The number of amides is 1. The first-order chi connectivity index (χ1) is 16.0. The second kappa shape index (κ2) is 8.86. The lowest BCUT2D eigenvalue weighted by Crippen LogP contribution is -2.49. The van der Waals surface area contributed by atoms with Crippen LogP contribution < -0.4 is 5.73 Å². The minimum absolute atomic E-state index is 0.0964. The van der Waals surface area contributed by atoms with Gasteiger partial charge in [0.15, 0.2) is 0 Å². The largest absolute Gasteiger partial charge is 0.384 e. The second-order valence-corrected chi connectivity index (χ2v) is 8.62. The third kappa shape index (κ3) is 4.30. The molecule has 0 radical (unpaired) electrons. The van der Waals surface area contributed by atoms with E-state index in [1.165, 1.54) is 25.2 Å². The van der Waals surface area contributed by atoms with Crippen LogP contribution >= 0.6 is 0 Å². The van der Waals surface area contributed by atoms with Crippen LogP contribution in [0.4, 0.5) is 10.2 Å². The molecular weight excluding hydrogens is 419 g/mol. The molecule has 3 aromatic rings. The van der Waals surface area contributed by atoms with Gasteiger partial charge in [0.1, 0.15) is 18.0 Å². The van der Waals surface area contributed by atoms with Crippen LogP contribution in [0.1, 0.15) is 35.8 Å². The van der Waals surface area contributed by atoms with Gasteiger partial charge < -0.3 is 10.6 Å². The third-order valence-corrected chi connectivity index (χ3v) is 6.47. The molecule has 5 rings (SSSR count). The molecule has 1 amide bonds. The molecule has 2 aliphatic rings. The molecule has 2 N–H and O–H groups in total. The van der Waals surface area contributed by atoms with Gasteiger partial charge >= 0.3 is 0 Å². The number of rotatable bonds is 5. The van der Waals surface area contributed by atoms with E-state index >= 15 is 4.39 Å². The molecular formula is C25H27FN6O. The Morgan fingerprint density at radius 1 is 1.06 bits per heavy atom. The molecule has 3 heterocycles. The number of nitrogen functional groups attached to an aromatic ring is 1. The summed E-state index contributed by atoms with van der Waals surface area (Å²) in [6.07, 6.45) is 6.34. The maximum absolute atomic E-state index is 15.2. The fraction of sp³-hybridized carbons (Fsp3) is 0.360. The molecule has 2 aromatic heterocycles. The second-order valence-electron chi connectivity index (χ2n) is 8.62. The number of carbonyl (C=O) groups excluding carboxylic acids is 1. The highest BCUT2D eigenvalue weighted by atomic mass is 19.1. The van der Waals surface area contributed by atoms with E-state index in [-0.39, 0.29) is 11.5 Å². The maximum atomic E-state index is 15.2. The van der Waals surface area contributed by atoms with E-state index in [1.807, 2.05) is 13.0 Å². The summed E-state index contributed by atoms with van der Waals surface area (Å²) < 4.78 is 15.2. The van der Waals surface area contributed by atoms with Crippen molar-refractivity contribution in [2.75, 3.05) is 31.9 Å². The summed E-state index contributed by atoms with van der Waals surface area (Å²) in [5, 5.41) is 0. The fourth-order valence-corrected chi connectivity index (χ4v) is 4.50. The van der Waals surface area contributed by atoms with E-state index in [0.717, 1.165) is 29.9 Å². The molecule has 0 unspecified atom stereocenters. The lowest BCUT2D eigenvalue weighted by molar-refractivity contribution is 0.0623. The van der Waals surface area contributed by atoms with Crippen molar-refractivity contribution >= 4 is 11.7 Å². The first kappa shape index (κ1) is 21.5. The summed E-state index contributed by atoms with van der Waals surface area (Å²) in [7, 11) is 0. The van der Waals surface area contributed by atoms with Crippen LogP contribution in [-0.2, 0) is 6.42 Å². The minimum Gasteiger partial charge on any atom is -0.384 e. The number of aryl methyl sites for hydroxylation is 1. The van der Waals surface area contributed by atoms with Crippen LogP contribution in [0.25, 0.3) is 22.4 Å². The van der Waals surface area contributed by atoms with Gasteiger partial charge in [-0.3, -0.25) is 9.69 Å². The smallest absolute Gasteiger partial charge is 0.256 e. The monoisotopic (exact) mass is 446 g/mol. The number of nitrogens with zero attached hydrogens (tertiary/aromatic N) is 5. The number of hydrogen-bond donors (Lipinski definition) is 1. The third-order valence-electron chi connectivity index (χ3n) is 6.47.